The SMILES string of the molecule is CCNC(C)c1cc(Cl)ccc1OCCN1CCCC1. The average Bonchev–Trinajstić information content (AvgIpc) is 2.94. The smallest absolute Gasteiger partial charge is 0.124 e. The lowest BCUT2D eigenvalue weighted by Gasteiger charge is -2.20. The number of ether oxygens (including phenoxy) is 1. The van der Waals surface area contributed by atoms with Crippen LogP contribution in [0.5, 0.6) is 5.75 Å². The second-order valence-corrected chi connectivity index (χ2v) is 5.80. The third-order valence-corrected chi connectivity index (χ3v) is 4.05. The molecule has 0 spiro atoms. The van der Waals surface area contributed by atoms with E-state index in [9.17, 15) is 0 Å². The fraction of sp³-hybridized carbons (Fsp3) is 0.625. The largest absolute Gasteiger partial charge is 0.492 e. The van der Waals surface area contributed by atoms with Crippen LogP contribution in [-0.2, 0) is 0 Å². The summed E-state index contributed by atoms with van der Waals surface area (Å²) in [6.45, 7) is 9.36. The van der Waals surface area contributed by atoms with Crippen LogP contribution in [0.2, 0.25) is 5.02 Å². The first-order valence-electron chi connectivity index (χ1n) is 7.58. The van der Waals surface area contributed by atoms with Crippen molar-refractivity contribution < 1.29 is 4.74 Å². The first kappa shape index (κ1) is 15.6. The maximum Gasteiger partial charge on any atom is 0.124 e. The Morgan fingerprint density at radius 1 is 1.35 bits per heavy atom. The van der Waals surface area contributed by atoms with Gasteiger partial charge in [0.25, 0.3) is 0 Å². The molecule has 1 saturated heterocycles. The van der Waals surface area contributed by atoms with Crippen LogP contribution in [0.1, 0.15) is 38.3 Å². The van der Waals surface area contributed by atoms with E-state index in [1.54, 1.807) is 0 Å². The Kier molecular flexibility index (Phi) is 6.14. The average molecular weight is 297 g/mol. The van der Waals surface area contributed by atoms with Gasteiger partial charge in [0.2, 0.25) is 0 Å². The molecular weight excluding hydrogens is 272 g/mol. The minimum absolute atomic E-state index is 0.250. The summed E-state index contributed by atoms with van der Waals surface area (Å²) in [5.41, 5.74) is 1.14. The van der Waals surface area contributed by atoms with E-state index >= 15 is 0 Å². The van der Waals surface area contributed by atoms with Crippen LogP contribution < -0.4 is 10.1 Å². The highest BCUT2D eigenvalue weighted by atomic mass is 35.5. The predicted molar refractivity (Wildman–Crippen MR) is 84.7 cm³/mol. The van der Waals surface area contributed by atoms with Gasteiger partial charge in [-0.3, -0.25) is 4.90 Å². The van der Waals surface area contributed by atoms with E-state index in [2.05, 4.69) is 24.1 Å². The molecule has 1 aromatic carbocycles. The Labute approximate surface area is 127 Å². The Balaban J connectivity index is 1.94. The lowest BCUT2D eigenvalue weighted by atomic mass is 10.1. The van der Waals surface area contributed by atoms with Crippen molar-refractivity contribution in [3.8, 4) is 5.75 Å². The summed E-state index contributed by atoms with van der Waals surface area (Å²) < 4.78 is 5.98. The molecule has 1 fully saturated rings. The maximum atomic E-state index is 6.11. The normalized spacial score (nSPS) is 17.4. The Hall–Kier alpha value is -0.770. The molecule has 1 aliphatic heterocycles. The van der Waals surface area contributed by atoms with Gasteiger partial charge in [0.1, 0.15) is 12.4 Å². The monoisotopic (exact) mass is 296 g/mol. The van der Waals surface area contributed by atoms with Crippen LogP contribution in [0.3, 0.4) is 0 Å². The summed E-state index contributed by atoms with van der Waals surface area (Å²) in [6, 6.07) is 6.13. The van der Waals surface area contributed by atoms with Gasteiger partial charge in [0, 0.05) is 23.2 Å². The molecule has 1 heterocycles. The Morgan fingerprint density at radius 3 is 2.80 bits per heavy atom. The van der Waals surface area contributed by atoms with Crippen LogP contribution in [0.25, 0.3) is 0 Å². The van der Waals surface area contributed by atoms with Crippen LogP contribution in [0.15, 0.2) is 18.2 Å². The fourth-order valence-electron chi connectivity index (χ4n) is 2.70. The minimum atomic E-state index is 0.250. The molecule has 0 radical (unpaired) electrons. The highest BCUT2D eigenvalue weighted by Gasteiger charge is 2.14. The van der Waals surface area contributed by atoms with Crippen LogP contribution in [0.4, 0.5) is 0 Å². The molecule has 1 N–H and O–H groups in total. The number of benzene rings is 1. The number of hydrogen-bond donors (Lipinski definition) is 1. The van der Waals surface area contributed by atoms with Gasteiger partial charge >= 0.3 is 0 Å². The van der Waals surface area contributed by atoms with E-state index in [0.29, 0.717) is 0 Å². The molecule has 1 aromatic rings. The van der Waals surface area contributed by atoms with Gasteiger partial charge < -0.3 is 10.1 Å². The predicted octanol–water partition coefficient (Wildman–Crippen LogP) is 3.49. The topological polar surface area (TPSA) is 24.5 Å². The zero-order valence-electron chi connectivity index (χ0n) is 12.5. The first-order chi connectivity index (χ1) is 9.70. The zero-order valence-corrected chi connectivity index (χ0v) is 13.2. The third-order valence-electron chi connectivity index (χ3n) is 3.81. The van der Waals surface area contributed by atoms with Crippen molar-refractivity contribution in [3.05, 3.63) is 28.8 Å². The van der Waals surface area contributed by atoms with E-state index in [0.717, 1.165) is 36.0 Å². The molecular formula is C16H25ClN2O. The van der Waals surface area contributed by atoms with Gasteiger partial charge in [-0.25, -0.2) is 0 Å². The van der Waals surface area contributed by atoms with Crippen molar-refractivity contribution >= 4 is 11.6 Å². The molecule has 0 saturated carbocycles. The summed E-state index contributed by atoms with van der Waals surface area (Å²) in [7, 11) is 0. The van der Waals surface area contributed by atoms with E-state index in [1.807, 2.05) is 18.2 Å². The molecule has 1 unspecified atom stereocenters. The van der Waals surface area contributed by atoms with Crippen LogP contribution in [0, 0.1) is 0 Å². The van der Waals surface area contributed by atoms with Gasteiger partial charge in [-0.05, 0) is 57.6 Å². The number of nitrogens with zero attached hydrogens (tertiary/aromatic N) is 1. The van der Waals surface area contributed by atoms with Crippen molar-refractivity contribution in [2.75, 3.05) is 32.8 Å². The van der Waals surface area contributed by atoms with Gasteiger partial charge in [0.15, 0.2) is 0 Å². The number of rotatable bonds is 7. The number of halogens is 1. The van der Waals surface area contributed by atoms with Gasteiger partial charge in [-0.2, -0.15) is 0 Å². The Morgan fingerprint density at radius 2 is 2.10 bits per heavy atom. The van der Waals surface area contributed by atoms with Crippen molar-refractivity contribution in [1.82, 2.24) is 10.2 Å². The standard InChI is InChI=1S/C16H25ClN2O/c1-3-18-13(2)15-12-14(17)6-7-16(15)20-11-10-19-8-4-5-9-19/h6-7,12-13,18H,3-5,8-11H2,1-2H3. The Bertz CT molecular complexity index is 419. The molecule has 0 amide bonds. The number of hydrogen-bond acceptors (Lipinski definition) is 3. The lowest BCUT2D eigenvalue weighted by Crippen LogP contribution is -2.25. The molecule has 4 heteroatoms. The summed E-state index contributed by atoms with van der Waals surface area (Å²) in [5, 5.41) is 4.17. The summed E-state index contributed by atoms with van der Waals surface area (Å²) >= 11 is 6.11. The van der Waals surface area contributed by atoms with E-state index in [1.165, 1.54) is 25.9 Å². The molecule has 1 atom stereocenters. The highest BCUT2D eigenvalue weighted by Crippen LogP contribution is 2.28. The van der Waals surface area contributed by atoms with Crippen molar-refractivity contribution in [2.24, 2.45) is 0 Å². The number of likely N-dealkylation sites (tertiary alicyclic amines) is 1. The molecule has 1 aliphatic rings. The molecule has 0 aliphatic carbocycles. The van der Waals surface area contributed by atoms with Crippen LogP contribution in [-0.4, -0.2) is 37.7 Å². The van der Waals surface area contributed by atoms with E-state index in [4.69, 9.17) is 16.3 Å². The summed E-state index contributed by atoms with van der Waals surface area (Å²) in [5.74, 6) is 0.946. The summed E-state index contributed by atoms with van der Waals surface area (Å²) in [6.07, 6.45) is 2.65. The third kappa shape index (κ3) is 4.37. The van der Waals surface area contributed by atoms with Crippen molar-refractivity contribution in [2.45, 2.75) is 32.7 Å². The van der Waals surface area contributed by atoms with Crippen molar-refractivity contribution in [1.29, 1.82) is 0 Å². The van der Waals surface area contributed by atoms with Gasteiger partial charge in [-0.1, -0.05) is 18.5 Å². The molecule has 3 nitrogen and oxygen atoms in total. The van der Waals surface area contributed by atoms with Crippen molar-refractivity contribution in [3.63, 3.8) is 0 Å². The fourth-order valence-corrected chi connectivity index (χ4v) is 2.88. The quantitative estimate of drug-likeness (QED) is 0.833. The molecule has 0 aromatic heterocycles. The van der Waals surface area contributed by atoms with E-state index in [-0.39, 0.29) is 6.04 Å². The zero-order chi connectivity index (χ0) is 14.4. The van der Waals surface area contributed by atoms with Gasteiger partial charge in [0.05, 0.1) is 0 Å². The minimum Gasteiger partial charge on any atom is -0.492 e. The second kappa shape index (κ2) is 7.87. The van der Waals surface area contributed by atoms with Crippen LogP contribution >= 0.6 is 11.6 Å². The molecule has 112 valence electrons. The second-order valence-electron chi connectivity index (χ2n) is 5.36. The molecule has 2 rings (SSSR count). The van der Waals surface area contributed by atoms with Gasteiger partial charge in [-0.15, -0.1) is 0 Å². The first-order valence-corrected chi connectivity index (χ1v) is 7.96. The highest BCUT2D eigenvalue weighted by molar-refractivity contribution is 6.30. The van der Waals surface area contributed by atoms with E-state index < -0.39 is 0 Å². The summed E-state index contributed by atoms with van der Waals surface area (Å²) in [4.78, 5) is 2.46. The number of nitrogens with one attached hydrogen (secondary N) is 1. The molecule has 20 heavy (non-hydrogen) atoms. The lowest BCUT2D eigenvalue weighted by molar-refractivity contribution is 0.235. The maximum absolute atomic E-state index is 6.11. The molecule has 0 bridgehead atoms.